The molecule has 0 saturated heterocycles. The van der Waals surface area contributed by atoms with E-state index in [-0.39, 0.29) is 29.1 Å². The monoisotopic (exact) mass is 281 g/mol. The lowest BCUT2D eigenvalue weighted by molar-refractivity contribution is -0.671. The van der Waals surface area contributed by atoms with Crippen molar-refractivity contribution >= 4 is 22.7 Å². The first-order chi connectivity index (χ1) is 9.58. The highest BCUT2D eigenvalue weighted by Crippen LogP contribution is 2.18. The summed E-state index contributed by atoms with van der Waals surface area (Å²) in [7, 11) is 0. The van der Waals surface area contributed by atoms with Gasteiger partial charge in [-0.05, 0) is 6.07 Å². The molecule has 9 nitrogen and oxygen atoms in total. The average molecular weight is 281 g/mol. The number of nitrogens with two attached hydrogens (primary N) is 1. The van der Waals surface area contributed by atoms with E-state index in [1.165, 1.54) is 12.1 Å². The molecule has 0 amide bonds. The van der Waals surface area contributed by atoms with Crippen molar-refractivity contribution in [1.82, 2.24) is 5.10 Å². The summed E-state index contributed by atoms with van der Waals surface area (Å²) in [6, 6.07) is 4.53. The van der Waals surface area contributed by atoms with Crippen LogP contribution >= 0.6 is 0 Å². The van der Waals surface area contributed by atoms with Crippen LogP contribution in [0, 0.1) is 10.4 Å². The largest absolute Gasteiger partial charge is 0.739 e. The average Bonchev–Trinajstić information content (AvgIpc) is 2.44. The maximum Gasteiger partial charge on any atom is 0.458 e. The van der Waals surface area contributed by atoms with Gasteiger partial charge in [-0.25, -0.2) is 4.73 Å². The molecule has 0 atom stereocenters. The second-order valence-corrected chi connectivity index (χ2v) is 4.13. The van der Waals surface area contributed by atoms with Crippen LogP contribution in [-0.2, 0) is 0 Å². The first kappa shape index (κ1) is 14.0. The lowest BCUT2D eigenvalue weighted by Crippen LogP contribution is -2.44. The molecule has 4 N–H and O–H groups in total. The number of aromatic nitrogens is 3. The number of nitrogen functional groups attached to an aromatic ring is 1. The Morgan fingerprint density at radius 1 is 1.15 bits per heavy atom. The normalized spacial score (nSPS) is 10.9. The third kappa shape index (κ3) is 2.49. The fourth-order valence-corrected chi connectivity index (χ4v) is 1.96. The fourth-order valence-electron chi connectivity index (χ4n) is 1.96. The van der Waals surface area contributed by atoms with Crippen LogP contribution in [-0.4, -0.2) is 41.6 Å². The zero-order valence-electron chi connectivity index (χ0n) is 10.6. The van der Waals surface area contributed by atoms with Crippen molar-refractivity contribution in [2.75, 3.05) is 36.9 Å². The third-order valence-corrected chi connectivity index (χ3v) is 2.89. The van der Waals surface area contributed by atoms with Crippen molar-refractivity contribution in [1.29, 1.82) is 0 Å². The predicted octanol–water partition coefficient (Wildman–Crippen LogP) is -2.13. The SMILES string of the molecule is Nc1n[n+]([O-])c2ccc(N(CCO)CCO)cc2[n+]1[O-]. The fraction of sp³-hybridized carbons (Fsp3) is 0.364. The number of fused-ring (bicyclic) bond motifs is 1. The zero-order chi connectivity index (χ0) is 14.7. The minimum Gasteiger partial charge on any atom is -0.739 e. The Balaban J connectivity index is 2.54. The number of anilines is 2. The van der Waals surface area contributed by atoms with Crippen molar-refractivity contribution in [3.63, 3.8) is 0 Å². The number of hydrogen-bond acceptors (Lipinski definition) is 7. The summed E-state index contributed by atoms with van der Waals surface area (Å²) < 4.78 is 0.364. The van der Waals surface area contributed by atoms with Crippen molar-refractivity contribution in [3.8, 4) is 0 Å². The molecular weight excluding hydrogens is 266 g/mol. The summed E-state index contributed by atoms with van der Waals surface area (Å²) in [4.78, 5) is 1.97. The summed E-state index contributed by atoms with van der Waals surface area (Å²) in [5.74, 6) is -0.444. The van der Waals surface area contributed by atoms with Gasteiger partial charge in [0.05, 0.1) is 13.2 Å². The lowest BCUT2D eigenvalue weighted by atomic mass is 10.2. The van der Waals surface area contributed by atoms with Crippen LogP contribution in [0.25, 0.3) is 11.0 Å². The molecule has 0 aliphatic rings. The number of hydrogen-bond donors (Lipinski definition) is 3. The molecule has 9 heteroatoms. The molecule has 2 rings (SSSR count). The van der Waals surface area contributed by atoms with E-state index in [1.807, 2.05) is 0 Å². The van der Waals surface area contributed by atoms with E-state index in [1.54, 1.807) is 11.0 Å². The number of benzene rings is 1. The topological polar surface area (TPSA) is 136 Å². The van der Waals surface area contributed by atoms with Crippen LogP contribution < -0.4 is 20.2 Å². The Morgan fingerprint density at radius 2 is 1.80 bits per heavy atom. The second kappa shape index (κ2) is 5.72. The molecule has 0 radical (unpaired) electrons. The Morgan fingerprint density at radius 3 is 2.40 bits per heavy atom. The summed E-state index contributed by atoms with van der Waals surface area (Å²) in [6.07, 6.45) is 0. The van der Waals surface area contributed by atoms with Gasteiger partial charge in [0.2, 0.25) is 5.10 Å². The summed E-state index contributed by atoms with van der Waals surface area (Å²) >= 11 is 0. The minimum atomic E-state index is -0.444. The van der Waals surface area contributed by atoms with E-state index < -0.39 is 5.95 Å². The molecule has 1 aromatic carbocycles. The van der Waals surface area contributed by atoms with Crippen molar-refractivity contribution in [2.45, 2.75) is 0 Å². The summed E-state index contributed by atoms with van der Waals surface area (Å²) in [5.41, 5.74) is 6.11. The minimum absolute atomic E-state index is 0.0749. The molecule has 108 valence electrons. The van der Waals surface area contributed by atoms with Crippen molar-refractivity contribution < 1.29 is 19.8 Å². The van der Waals surface area contributed by atoms with E-state index in [0.717, 1.165) is 0 Å². The Bertz CT molecular complexity index is 615. The van der Waals surface area contributed by atoms with E-state index in [2.05, 4.69) is 5.10 Å². The van der Waals surface area contributed by atoms with Crippen molar-refractivity contribution in [3.05, 3.63) is 28.6 Å². The molecule has 0 aliphatic heterocycles. The predicted molar refractivity (Wildman–Crippen MR) is 70.5 cm³/mol. The number of rotatable bonds is 5. The molecule has 0 unspecified atom stereocenters. The Hall–Kier alpha value is -2.39. The molecular formula is C11H15N5O4. The van der Waals surface area contributed by atoms with Crippen LogP contribution in [0.2, 0.25) is 0 Å². The van der Waals surface area contributed by atoms with Gasteiger partial charge in [0.15, 0.2) is 5.52 Å². The quantitative estimate of drug-likeness (QED) is 0.420. The van der Waals surface area contributed by atoms with Crippen LogP contribution in [0.5, 0.6) is 0 Å². The number of aliphatic hydroxyl groups excluding tert-OH is 2. The first-order valence-corrected chi connectivity index (χ1v) is 5.97. The van der Waals surface area contributed by atoms with Gasteiger partial charge >= 0.3 is 5.95 Å². The van der Waals surface area contributed by atoms with Crippen LogP contribution in [0.1, 0.15) is 0 Å². The number of aliphatic hydroxyl groups is 2. The highest BCUT2D eigenvalue weighted by Gasteiger charge is 2.18. The van der Waals surface area contributed by atoms with Gasteiger partial charge in [0, 0.05) is 35.8 Å². The Kier molecular flexibility index (Phi) is 4.01. The highest BCUT2D eigenvalue weighted by atomic mass is 16.5. The second-order valence-electron chi connectivity index (χ2n) is 4.13. The van der Waals surface area contributed by atoms with E-state index in [4.69, 9.17) is 15.9 Å². The van der Waals surface area contributed by atoms with E-state index in [0.29, 0.717) is 23.5 Å². The Labute approximate surface area is 114 Å². The van der Waals surface area contributed by atoms with E-state index >= 15 is 0 Å². The lowest BCUT2D eigenvalue weighted by Gasteiger charge is -2.23. The molecule has 0 aliphatic carbocycles. The molecule has 0 bridgehead atoms. The number of nitrogens with zero attached hydrogens (tertiary/aromatic N) is 4. The van der Waals surface area contributed by atoms with Gasteiger partial charge in [-0.15, -0.1) is 0 Å². The maximum absolute atomic E-state index is 11.8. The summed E-state index contributed by atoms with van der Waals surface area (Å²) in [5, 5.41) is 44.8. The van der Waals surface area contributed by atoms with Crippen LogP contribution in [0.15, 0.2) is 18.2 Å². The van der Waals surface area contributed by atoms with Crippen LogP contribution in [0.3, 0.4) is 0 Å². The molecule has 2 aromatic rings. The summed E-state index contributed by atoms with van der Waals surface area (Å²) in [6.45, 7) is 0.386. The van der Waals surface area contributed by atoms with Gasteiger partial charge in [-0.1, -0.05) is 0 Å². The van der Waals surface area contributed by atoms with Crippen LogP contribution in [0.4, 0.5) is 11.6 Å². The van der Waals surface area contributed by atoms with Crippen molar-refractivity contribution in [2.24, 2.45) is 0 Å². The molecule has 1 heterocycles. The molecule has 1 aromatic heterocycles. The maximum atomic E-state index is 11.8. The smallest absolute Gasteiger partial charge is 0.458 e. The first-order valence-electron chi connectivity index (χ1n) is 5.97. The standard InChI is InChI=1S/C11H15N5O4/c12-11-13-16(20)9-2-1-8(7-10(9)15(11)19)14(3-5-17)4-6-18/h1-2,7,17-18H,3-6H2,(H2,12,13). The van der Waals surface area contributed by atoms with Gasteiger partial charge < -0.3 is 25.5 Å². The molecule has 0 fully saturated rings. The van der Waals surface area contributed by atoms with E-state index in [9.17, 15) is 10.4 Å². The highest BCUT2D eigenvalue weighted by molar-refractivity contribution is 5.74. The van der Waals surface area contributed by atoms with Gasteiger partial charge in [0.1, 0.15) is 0 Å². The van der Waals surface area contributed by atoms with Gasteiger partial charge in [-0.2, -0.15) is 0 Å². The molecule has 20 heavy (non-hydrogen) atoms. The van der Waals surface area contributed by atoms with Gasteiger partial charge in [-0.3, -0.25) is 5.73 Å². The van der Waals surface area contributed by atoms with Gasteiger partial charge in [0.25, 0.3) is 5.52 Å². The third-order valence-electron chi connectivity index (χ3n) is 2.89. The zero-order valence-corrected chi connectivity index (χ0v) is 10.6. The molecule has 0 spiro atoms. The molecule has 0 saturated carbocycles.